The Balaban J connectivity index is 3.10. The van der Waals surface area contributed by atoms with Crippen LogP contribution in [0.15, 0.2) is 18.2 Å². The van der Waals surface area contributed by atoms with Crippen molar-refractivity contribution in [1.29, 1.82) is 0 Å². The van der Waals surface area contributed by atoms with E-state index in [1.807, 2.05) is 0 Å². The minimum Gasteiger partial charge on any atom is -0.467 e. The first-order chi connectivity index (χ1) is 9.16. The topological polar surface area (TPSA) is 55.4 Å². The maximum atomic E-state index is 13.2. The van der Waals surface area contributed by atoms with Gasteiger partial charge in [0, 0.05) is 5.41 Å². The first-order valence-corrected chi connectivity index (χ1v) is 6.00. The Labute approximate surface area is 116 Å². The van der Waals surface area contributed by atoms with Gasteiger partial charge in [-0.05, 0) is 17.7 Å². The lowest BCUT2D eigenvalue weighted by atomic mass is 9.94. The second kappa shape index (κ2) is 5.98. The molecule has 0 fully saturated rings. The number of rotatable bonds is 3. The Bertz CT molecular complexity index is 524. The number of amides is 1. The molecule has 20 heavy (non-hydrogen) atoms. The van der Waals surface area contributed by atoms with Crippen molar-refractivity contribution in [2.75, 3.05) is 7.11 Å². The third-order valence-electron chi connectivity index (χ3n) is 2.67. The molecule has 0 heterocycles. The molecule has 0 aliphatic carbocycles. The van der Waals surface area contributed by atoms with Gasteiger partial charge in [0.15, 0.2) is 17.7 Å². The summed E-state index contributed by atoms with van der Waals surface area (Å²) >= 11 is 0. The van der Waals surface area contributed by atoms with E-state index in [4.69, 9.17) is 0 Å². The number of carbonyl (C=O) groups is 2. The third-order valence-corrected chi connectivity index (χ3v) is 2.67. The summed E-state index contributed by atoms with van der Waals surface area (Å²) in [5.74, 6) is -3.29. The van der Waals surface area contributed by atoms with E-state index in [-0.39, 0.29) is 5.56 Å². The molecule has 1 N–H and O–H groups in total. The predicted molar refractivity (Wildman–Crippen MR) is 68.7 cm³/mol. The number of benzene rings is 1. The molecule has 0 spiro atoms. The highest BCUT2D eigenvalue weighted by Crippen LogP contribution is 2.21. The van der Waals surface area contributed by atoms with Crippen LogP contribution in [0.3, 0.4) is 0 Å². The Kier molecular flexibility index (Phi) is 4.81. The molecule has 1 amide bonds. The molecule has 0 saturated heterocycles. The largest absolute Gasteiger partial charge is 0.467 e. The minimum atomic E-state index is -1.18. The minimum absolute atomic E-state index is 0.119. The van der Waals surface area contributed by atoms with E-state index in [1.165, 1.54) is 6.07 Å². The van der Waals surface area contributed by atoms with Crippen LogP contribution < -0.4 is 5.32 Å². The van der Waals surface area contributed by atoms with E-state index in [1.54, 1.807) is 20.8 Å². The van der Waals surface area contributed by atoms with Crippen LogP contribution in [0.1, 0.15) is 32.4 Å². The molecule has 1 rings (SSSR count). The summed E-state index contributed by atoms with van der Waals surface area (Å²) in [5.41, 5.74) is -0.612. The Morgan fingerprint density at radius 2 is 1.80 bits per heavy atom. The second-order valence-electron chi connectivity index (χ2n) is 5.35. The van der Waals surface area contributed by atoms with Crippen molar-refractivity contribution in [2.45, 2.75) is 26.8 Å². The lowest BCUT2D eigenvalue weighted by molar-refractivity contribution is -0.146. The van der Waals surface area contributed by atoms with Gasteiger partial charge in [-0.3, -0.25) is 4.79 Å². The highest BCUT2D eigenvalue weighted by molar-refractivity contribution is 5.88. The highest BCUT2D eigenvalue weighted by Gasteiger charge is 2.29. The quantitative estimate of drug-likeness (QED) is 0.867. The zero-order valence-corrected chi connectivity index (χ0v) is 11.8. The van der Waals surface area contributed by atoms with Crippen molar-refractivity contribution in [2.24, 2.45) is 5.41 Å². The highest BCUT2D eigenvalue weighted by atomic mass is 19.2. The lowest BCUT2D eigenvalue weighted by Crippen LogP contribution is -2.41. The fourth-order valence-corrected chi connectivity index (χ4v) is 1.44. The number of hydrogen-bond acceptors (Lipinski definition) is 3. The Morgan fingerprint density at radius 3 is 2.25 bits per heavy atom. The van der Waals surface area contributed by atoms with Gasteiger partial charge in [-0.1, -0.05) is 26.8 Å². The normalized spacial score (nSPS) is 12.7. The van der Waals surface area contributed by atoms with E-state index in [0.717, 1.165) is 19.2 Å². The van der Waals surface area contributed by atoms with Crippen LogP contribution in [-0.2, 0) is 14.3 Å². The zero-order valence-electron chi connectivity index (χ0n) is 11.8. The number of halogens is 2. The van der Waals surface area contributed by atoms with Crippen LogP contribution in [-0.4, -0.2) is 19.0 Å². The molecule has 0 radical (unpaired) electrons. The summed E-state index contributed by atoms with van der Waals surface area (Å²) in [7, 11) is 1.15. The van der Waals surface area contributed by atoms with Crippen molar-refractivity contribution in [1.82, 2.24) is 5.32 Å². The Hall–Kier alpha value is -1.98. The Morgan fingerprint density at radius 1 is 1.20 bits per heavy atom. The van der Waals surface area contributed by atoms with Crippen LogP contribution in [0.5, 0.6) is 0 Å². The van der Waals surface area contributed by atoms with E-state index in [2.05, 4.69) is 10.1 Å². The summed E-state index contributed by atoms with van der Waals surface area (Å²) in [4.78, 5) is 23.7. The molecule has 0 aliphatic rings. The van der Waals surface area contributed by atoms with Crippen molar-refractivity contribution >= 4 is 11.9 Å². The average molecular weight is 285 g/mol. The van der Waals surface area contributed by atoms with Gasteiger partial charge in [0.25, 0.3) is 0 Å². The standard InChI is InChI=1S/C14H17F2NO3/c1-14(2,3)13(19)17-11(12(18)20-4)8-5-6-9(15)10(16)7-8/h5-7,11H,1-4H3,(H,17,19). The molecule has 4 nitrogen and oxygen atoms in total. The fraction of sp³-hybridized carbons (Fsp3) is 0.429. The van der Waals surface area contributed by atoms with Crippen LogP contribution >= 0.6 is 0 Å². The zero-order chi connectivity index (χ0) is 15.5. The van der Waals surface area contributed by atoms with E-state index < -0.39 is 35.0 Å². The van der Waals surface area contributed by atoms with Gasteiger partial charge in [-0.25, -0.2) is 13.6 Å². The lowest BCUT2D eigenvalue weighted by Gasteiger charge is -2.23. The molecule has 1 atom stereocenters. The number of nitrogens with one attached hydrogen (secondary N) is 1. The molecular formula is C14H17F2NO3. The summed E-state index contributed by atoms with van der Waals surface area (Å²) in [6, 6.07) is 1.80. The third kappa shape index (κ3) is 3.76. The number of hydrogen-bond donors (Lipinski definition) is 1. The maximum absolute atomic E-state index is 13.2. The molecule has 1 aromatic carbocycles. The fourth-order valence-electron chi connectivity index (χ4n) is 1.44. The number of methoxy groups -OCH3 is 1. The van der Waals surface area contributed by atoms with Crippen LogP contribution in [0, 0.1) is 17.0 Å². The summed E-state index contributed by atoms with van der Waals surface area (Å²) < 4.78 is 30.7. The van der Waals surface area contributed by atoms with Crippen LogP contribution in [0.4, 0.5) is 8.78 Å². The SMILES string of the molecule is COC(=O)C(NC(=O)C(C)(C)C)c1ccc(F)c(F)c1. The molecule has 1 unspecified atom stereocenters. The molecule has 1 aromatic rings. The van der Waals surface area contributed by atoms with Crippen molar-refractivity contribution in [3.05, 3.63) is 35.4 Å². The molecular weight excluding hydrogens is 268 g/mol. The predicted octanol–water partition coefficient (Wildman–Crippen LogP) is 2.34. The van der Waals surface area contributed by atoms with Gasteiger partial charge in [0.1, 0.15) is 0 Å². The molecule has 0 aliphatic heterocycles. The summed E-state index contributed by atoms with van der Waals surface area (Å²) in [5, 5.41) is 2.47. The number of esters is 1. The molecule has 0 aromatic heterocycles. The van der Waals surface area contributed by atoms with Gasteiger partial charge in [-0.15, -0.1) is 0 Å². The van der Waals surface area contributed by atoms with Crippen molar-refractivity contribution in [3.8, 4) is 0 Å². The molecule has 110 valence electrons. The van der Waals surface area contributed by atoms with Gasteiger partial charge in [-0.2, -0.15) is 0 Å². The van der Waals surface area contributed by atoms with Gasteiger partial charge >= 0.3 is 5.97 Å². The first kappa shape index (κ1) is 16.1. The van der Waals surface area contributed by atoms with Crippen LogP contribution in [0.2, 0.25) is 0 Å². The van der Waals surface area contributed by atoms with Gasteiger partial charge < -0.3 is 10.1 Å². The smallest absolute Gasteiger partial charge is 0.333 e. The van der Waals surface area contributed by atoms with Crippen LogP contribution in [0.25, 0.3) is 0 Å². The monoisotopic (exact) mass is 285 g/mol. The van der Waals surface area contributed by atoms with Crippen molar-refractivity contribution in [3.63, 3.8) is 0 Å². The number of ether oxygens (including phenoxy) is 1. The molecule has 0 saturated carbocycles. The molecule has 6 heteroatoms. The average Bonchev–Trinajstić information content (AvgIpc) is 2.37. The summed E-state index contributed by atoms with van der Waals surface area (Å²) in [6.45, 7) is 5.01. The van der Waals surface area contributed by atoms with E-state index in [9.17, 15) is 18.4 Å². The maximum Gasteiger partial charge on any atom is 0.333 e. The number of carbonyl (C=O) groups excluding carboxylic acids is 2. The van der Waals surface area contributed by atoms with E-state index in [0.29, 0.717) is 0 Å². The van der Waals surface area contributed by atoms with Gasteiger partial charge in [0.05, 0.1) is 7.11 Å². The summed E-state index contributed by atoms with van der Waals surface area (Å²) in [6.07, 6.45) is 0. The van der Waals surface area contributed by atoms with Gasteiger partial charge in [0.2, 0.25) is 5.91 Å². The van der Waals surface area contributed by atoms with Crippen molar-refractivity contribution < 1.29 is 23.1 Å². The first-order valence-electron chi connectivity index (χ1n) is 6.00. The van der Waals surface area contributed by atoms with E-state index >= 15 is 0 Å². The second-order valence-corrected chi connectivity index (χ2v) is 5.35. The molecule has 0 bridgehead atoms.